The number of nitrogens with one attached hydrogen (secondary N) is 2. The molecule has 128 valence electrons. The molecule has 0 spiro atoms. The number of hydrogen-bond donors (Lipinski definition) is 3. The predicted molar refractivity (Wildman–Crippen MR) is 98.5 cm³/mol. The molecular formula is C19H23ClN2O2. The van der Waals surface area contributed by atoms with Crippen LogP contribution in [0.5, 0.6) is 0 Å². The van der Waals surface area contributed by atoms with Gasteiger partial charge in [-0.3, -0.25) is 4.79 Å². The van der Waals surface area contributed by atoms with E-state index in [0.29, 0.717) is 23.2 Å². The second-order valence-corrected chi connectivity index (χ2v) is 6.19. The lowest BCUT2D eigenvalue weighted by Crippen LogP contribution is -2.25. The van der Waals surface area contributed by atoms with Crippen LogP contribution in [0.15, 0.2) is 48.5 Å². The number of anilines is 1. The largest absolute Gasteiger partial charge is 0.396 e. The number of carbonyl (C=O) groups is 1. The van der Waals surface area contributed by atoms with Crippen molar-refractivity contribution in [3.05, 3.63) is 64.7 Å². The van der Waals surface area contributed by atoms with E-state index in [4.69, 9.17) is 16.7 Å². The predicted octanol–water partition coefficient (Wildman–Crippen LogP) is 3.84. The minimum Gasteiger partial charge on any atom is -0.396 e. The number of rotatable bonds is 8. The van der Waals surface area contributed by atoms with Crippen molar-refractivity contribution >= 4 is 23.2 Å². The maximum atomic E-state index is 12.3. The van der Waals surface area contributed by atoms with E-state index in [1.165, 1.54) is 0 Å². The van der Waals surface area contributed by atoms with Gasteiger partial charge in [0.05, 0.1) is 10.6 Å². The fourth-order valence-electron chi connectivity index (χ4n) is 2.39. The fraction of sp³-hybridized carbons (Fsp3) is 0.316. The molecule has 0 aliphatic heterocycles. The average Bonchev–Trinajstić information content (AvgIpc) is 2.58. The van der Waals surface area contributed by atoms with Gasteiger partial charge >= 0.3 is 0 Å². The molecule has 0 aliphatic carbocycles. The minimum atomic E-state index is -0.220. The number of hydrogen-bond acceptors (Lipinski definition) is 3. The third kappa shape index (κ3) is 5.64. The smallest absolute Gasteiger partial charge is 0.257 e. The molecule has 2 rings (SSSR count). The molecule has 0 fully saturated rings. The molecule has 0 aromatic heterocycles. The highest BCUT2D eigenvalue weighted by molar-refractivity contribution is 6.34. The lowest BCUT2D eigenvalue weighted by atomic mass is 10.1. The van der Waals surface area contributed by atoms with E-state index in [0.717, 1.165) is 24.1 Å². The summed E-state index contributed by atoms with van der Waals surface area (Å²) in [5.41, 5.74) is 2.28. The summed E-state index contributed by atoms with van der Waals surface area (Å²) in [6.07, 6.45) is 1.72. The first-order chi connectivity index (χ1) is 11.6. The van der Waals surface area contributed by atoms with Crippen LogP contribution in [-0.2, 0) is 6.54 Å². The van der Waals surface area contributed by atoms with E-state index in [1.807, 2.05) is 24.3 Å². The molecule has 3 N–H and O–H groups in total. The summed E-state index contributed by atoms with van der Waals surface area (Å²) in [4.78, 5) is 12.3. The van der Waals surface area contributed by atoms with Crippen molar-refractivity contribution in [3.63, 3.8) is 0 Å². The zero-order valence-corrected chi connectivity index (χ0v) is 14.5. The lowest BCUT2D eigenvalue weighted by Gasteiger charge is -2.14. The van der Waals surface area contributed by atoms with Crippen molar-refractivity contribution in [2.24, 2.45) is 0 Å². The Kier molecular flexibility index (Phi) is 7.25. The first kappa shape index (κ1) is 18.5. The quantitative estimate of drug-likeness (QED) is 0.680. The Morgan fingerprint density at radius 1 is 1.21 bits per heavy atom. The first-order valence-corrected chi connectivity index (χ1v) is 8.47. The Labute approximate surface area is 147 Å². The Morgan fingerprint density at radius 3 is 2.75 bits per heavy atom. The number of halogens is 1. The zero-order valence-electron chi connectivity index (χ0n) is 13.8. The topological polar surface area (TPSA) is 61.4 Å². The molecule has 2 aromatic rings. The second-order valence-electron chi connectivity index (χ2n) is 5.78. The Bertz CT molecular complexity index is 676. The summed E-state index contributed by atoms with van der Waals surface area (Å²) in [7, 11) is 0. The van der Waals surface area contributed by atoms with Crippen LogP contribution in [0, 0.1) is 0 Å². The van der Waals surface area contributed by atoms with Crippen LogP contribution < -0.4 is 10.6 Å². The van der Waals surface area contributed by atoms with Gasteiger partial charge in [0.1, 0.15) is 0 Å². The molecule has 0 aliphatic rings. The van der Waals surface area contributed by atoms with Crippen molar-refractivity contribution in [2.75, 3.05) is 11.9 Å². The van der Waals surface area contributed by atoms with E-state index in [2.05, 4.69) is 17.6 Å². The van der Waals surface area contributed by atoms with Crippen molar-refractivity contribution in [1.29, 1.82) is 0 Å². The van der Waals surface area contributed by atoms with Gasteiger partial charge in [-0.1, -0.05) is 35.9 Å². The molecule has 1 amide bonds. The highest BCUT2D eigenvalue weighted by atomic mass is 35.5. The number of aliphatic hydroxyl groups is 1. The van der Waals surface area contributed by atoms with Gasteiger partial charge in [0.2, 0.25) is 0 Å². The van der Waals surface area contributed by atoms with Crippen molar-refractivity contribution in [2.45, 2.75) is 32.4 Å². The van der Waals surface area contributed by atoms with Gasteiger partial charge in [-0.15, -0.1) is 0 Å². The number of carbonyl (C=O) groups excluding carboxylic acids is 1. The monoisotopic (exact) mass is 346 g/mol. The summed E-state index contributed by atoms with van der Waals surface area (Å²) in [6, 6.07) is 15.0. The summed E-state index contributed by atoms with van der Waals surface area (Å²) >= 11 is 6.05. The van der Waals surface area contributed by atoms with Gasteiger partial charge in [0, 0.05) is 24.9 Å². The van der Waals surface area contributed by atoms with Crippen molar-refractivity contribution in [3.8, 4) is 0 Å². The highest BCUT2D eigenvalue weighted by Gasteiger charge is 2.10. The average molecular weight is 347 g/mol. The van der Waals surface area contributed by atoms with E-state index < -0.39 is 0 Å². The van der Waals surface area contributed by atoms with Gasteiger partial charge in [0.25, 0.3) is 5.91 Å². The van der Waals surface area contributed by atoms with E-state index in [-0.39, 0.29) is 12.5 Å². The SMILES string of the molecule is CC(CCCO)NCc1cccc(NC(=O)c2ccccc2Cl)c1. The van der Waals surface area contributed by atoms with Gasteiger partial charge < -0.3 is 15.7 Å². The third-order valence-corrected chi connectivity index (χ3v) is 4.08. The van der Waals surface area contributed by atoms with Gasteiger partial charge in [0.15, 0.2) is 0 Å². The first-order valence-electron chi connectivity index (χ1n) is 8.09. The van der Waals surface area contributed by atoms with E-state index >= 15 is 0 Å². The molecule has 0 bridgehead atoms. The van der Waals surface area contributed by atoms with Crippen LogP contribution in [0.1, 0.15) is 35.7 Å². The van der Waals surface area contributed by atoms with E-state index in [9.17, 15) is 4.79 Å². The molecule has 0 heterocycles. The molecular weight excluding hydrogens is 324 g/mol. The maximum absolute atomic E-state index is 12.3. The van der Waals surface area contributed by atoms with Gasteiger partial charge in [-0.25, -0.2) is 0 Å². The minimum absolute atomic E-state index is 0.218. The van der Waals surface area contributed by atoms with Gasteiger partial charge in [-0.05, 0) is 49.6 Å². The molecule has 0 saturated carbocycles. The van der Waals surface area contributed by atoms with E-state index in [1.54, 1.807) is 24.3 Å². The molecule has 0 radical (unpaired) electrons. The number of amides is 1. The highest BCUT2D eigenvalue weighted by Crippen LogP contribution is 2.18. The van der Waals surface area contributed by atoms with Crippen LogP contribution in [0.3, 0.4) is 0 Å². The summed E-state index contributed by atoms with van der Waals surface area (Å²) in [5, 5.41) is 15.6. The maximum Gasteiger partial charge on any atom is 0.257 e. The second kappa shape index (κ2) is 9.42. The summed E-state index contributed by atoms with van der Waals surface area (Å²) < 4.78 is 0. The van der Waals surface area contributed by atoms with Gasteiger partial charge in [-0.2, -0.15) is 0 Å². The molecule has 1 unspecified atom stereocenters. The molecule has 4 nitrogen and oxygen atoms in total. The Balaban J connectivity index is 1.95. The van der Waals surface area contributed by atoms with Crippen LogP contribution in [-0.4, -0.2) is 23.7 Å². The molecule has 1 atom stereocenters. The van der Waals surface area contributed by atoms with Crippen LogP contribution in [0.2, 0.25) is 5.02 Å². The summed E-state index contributed by atoms with van der Waals surface area (Å²) in [5.74, 6) is -0.220. The normalized spacial score (nSPS) is 12.0. The van der Waals surface area contributed by atoms with Crippen LogP contribution in [0.25, 0.3) is 0 Å². The number of benzene rings is 2. The molecule has 24 heavy (non-hydrogen) atoms. The molecule has 0 saturated heterocycles. The Morgan fingerprint density at radius 2 is 2.00 bits per heavy atom. The van der Waals surface area contributed by atoms with Crippen LogP contribution >= 0.6 is 11.6 Å². The summed E-state index contributed by atoms with van der Waals surface area (Å²) in [6.45, 7) is 3.02. The van der Waals surface area contributed by atoms with Crippen LogP contribution in [0.4, 0.5) is 5.69 Å². The standard InChI is InChI=1S/C19H23ClN2O2/c1-14(6-5-11-23)21-13-15-7-4-8-16(12-15)22-19(24)17-9-2-3-10-18(17)20/h2-4,7-10,12,14,21,23H,5-6,11,13H2,1H3,(H,22,24). The van der Waals surface area contributed by atoms with Crippen molar-refractivity contribution in [1.82, 2.24) is 5.32 Å². The number of aliphatic hydroxyl groups excluding tert-OH is 1. The zero-order chi connectivity index (χ0) is 17.4. The fourth-order valence-corrected chi connectivity index (χ4v) is 2.62. The molecule has 2 aromatic carbocycles. The Hall–Kier alpha value is -1.88. The molecule has 5 heteroatoms. The van der Waals surface area contributed by atoms with Crippen molar-refractivity contribution < 1.29 is 9.90 Å². The lowest BCUT2D eigenvalue weighted by molar-refractivity contribution is 0.102. The third-order valence-electron chi connectivity index (χ3n) is 3.75.